The van der Waals surface area contributed by atoms with Gasteiger partial charge in [0.15, 0.2) is 0 Å². The summed E-state index contributed by atoms with van der Waals surface area (Å²) in [5.41, 5.74) is 1.75. The Morgan fingerprint density at radius 3 is 2.87 bits per heavy atom. The first-order chi connectivity index (χ1) is 7.12. The van der Waals surface area contributed by atoms with Crippen LogP contribution in [0.2, 0.25) is 0 Å². The zero-order valence-corrected chi connectivity index (χ0v) is 9.46. The molecule has 0 radical (unpaired) electrons. The summed E-state index contributed by atoms with van der Waals surface area (Å²) in [7, 11) is 0. The highest BCUT2D eigenvalue weighted by Gasteiger charge is 2.35. The highest BCUT2D eigenvalue weighted by molar-refractivity contribution is 5.37. The molecule has 0 saturated heterocycles. The maximum atomic E-state index is 10.5. The zero-order chi connectivity index (χ0) is 10.9. The maximum absolute atomic E-state index is 10.5. The van der Waals surface area contributed by atoms with Gasteiger partial charge in [-0.25, -0.2) is 0 Å². The number of aliphatic hydroxyl groups is 1. The lowest BCUT2D eigenvalue weighted by Gasteiger charge is -2.25. The van der Waals surface area contributed by atoms with Gasteiger partial charge in [0.05, 0.1) is 0 Å². The lowest BCUT2D eigenvalue weighted by molar-refractivity contribution is 0.0369. The van der Waals surface area contributed by atoms with E-state index in [1.165, 1.54) is 5.56 Å². The number of hydrogen-bond acceptors (Lipinski definition) is 2. The van der Waals surface area contributed by atoms with Crippen molar-refractivity contribution in [3.63, 3.8) is 0 Å². The molecule has 0 fully saturated rings. The number of nitrogens with one attached hydrogen (secondary N) is 1. The minimum absolute atomic E-state index is 0.418. The topological polar surface area (TPSA) is 32.3 Å². The first-order valence-corrected chi connectivity index (χ1v) is 5.66. The van der Waals surface area contributed by atoms with E-state index in [-0.39, 0.29) is 0 Å². The first-order valence-electron chi connectivity index (χ1n) is 5.66. The molecule has 15 heavy (non-hydrogen) atoms. The van der Waals surface area contributed by atoms with Crippen LogP contribution < -0.4 is 5.32 Å². The Kier molecular flexibility index (Phi) is 2.81. The van der Waals surface area contributed by atoms with Crippen LogP contribution in [-0.4, -0.2) is 17.7 Å². The summed E-state index contributed by atoms with van der Waals surface area (Å²) in [5, 5.41) is 13.8. The summed E-state index contributed by atoms with van der Waals surface area (Å²) in [5.74, 6) is 0. The van der Waals surface area contributed by atoms with Crippen molar-refractivity contribution >= 4 is 0 Å². The van der Waals surface area contributed by atoms with E-state index in [4.69, 9.17) is 0 Å². The van der Waals surface area contributed by atoms with E-state index in [1.807, 2.05) is 18.2 Å². The molecule has 0 spiro atoms. The van der Waals surface area contributed by atoms with Gasteiger partial charge in [-0.15, -0.1) is 0 Å². The zero-order valence-electron chi connectivity index (χ0n) is 9.46. The fourth-order valence-electron chi connectivity index (χ4n) is 2.23. The molecular formula is C13H19NO. The van der Waals surface area contributed by atoms with Crippen LogP contribution in [0.5, 0.6) is 0 Å². The Balaban J connectivity index is 2.17. The molecule has 0 aliphatic heterocycles. The average molecular weight is 205 g/mol. The van der Waals surface area contributed by atoms with E-state index in [0.717, 1.165) is 18.4 Å². The molecule has 0 saturated carbocycles. The van der Waals surface area contributed by atoms with Crippen molar-refractivity contribution in [2.24, 2.45) is 0 Å². The van der Waals surface area contributed by atoms with Crippen LogP contribution in [0, 0.1) is 0 Å². The van der Waals surface area contributed by atoms with Crippen LogP contribution in [0.3, 0.4) is 0 Å². The molecule has 0 amide bonds. The number of hydrogen-bond donors (Lipinski definition) is 2. The molecule has 2 N–H and O–H groups in total. The van der Waals surface area contributed by atoms with E-state index in [9.17, 15) is 5.11 Å². The number of aryl methyl sites for hydroxylation is 1. The van der Waals surface area contributed by atoms with Gasteiger partial charge >= 0.3 is 0 Å². The van der Waals surface area contributed by atoms with Crippen molar-refractivity contribution < 1.29 is 5.11 Å². The lowest BCUT2D eigenvalue weighted by Crippen LogP contribution is -2.39. The smallest absolute Gasteiger partial charge is 0.103 e. The molecule has 2 nitrogen and oxygen atoms in total. The van der Waals surface area contributed by atoms with Gasteiger partial charge in [0.2, 0.25) is 0 Å². The summed E-state index contributed by atoms with van der Waals surface area (Å²) in [6, 6.07) is 8.62. The Labute approximate surface area is 91.3 Å². The van der Waals surface area contributed by atoms with Gasteiger partial charge in [-0.2, -0.15) is 0 Å². The summed E-state index contributed by atoms with van der Waals surface area (Å²) in [6.07, 6.45) is 1.83. The molecule has 0 bridgehead atoms. The summed E-state index contributed by atoms with van der Waals surface area (Å²) in [4.78, 5) is 0. The molecule has 1 aromatic rings. The van der Waals surface area contributed by atoms with Gasteiger partial charge in [-0.1, -0.05) is 38.1 Å². The predicted molar refractivity (Wildman–Crippen MR) is 61.8 cm³/mol. The highest BCUT2D eigenvalue weighted by Crippen LogP contribution is 2.36. The predicted octanol–water partition coefficient (Wildman–Crippen LogP) is 1.82. The molecular weight excluding hydrogens is 186 g/mol. The van der Waals surface area contributed by atoms with Crippen LogP contribution in [0.4, 0.5) is 0 Å². The van der Waals surface area contributed by atoms with Gasteiger partial charge in [-0.05, 0) is 24.0 Å². The first kappa shape index (κ1) is 10.7. The summed E-state index contributed by atoms with van der Waals surface area (Å²) < 4.78 is 0. The summed E-state index contributed by atoms with van der Waals surface area (Å²) >= 11 is 0. The standard InChI is InChI=1S/C13H19NO/c1-10(2)14-9-13(15)8-7-11-5-3-4-6-12(11)13/h3-6,10,14-15H,7-9H2,1-2H3. The largest absolute Gasteiger partial charge is 0.384 e. The number of fused-ring (bicyclic) bond motifs is 1. The Hall–Kier alpha value is -0.860. The monoisotopic (exact) mass is 205 g/mol. The van der Waals surface area contributed by atoms with E-state index in [0.29, 0.717) is 12.6 Å². The van der Waals surface area contributed by atoms with Gasteiger partial charge in [0.1, 0.15) is 5.60 Å². The molecule has 2 heteroatoms. The Morgan fingerprint density at radius 2 is 2.13 bits per heavy atom. The van der Waals surface area contributed by atoms with Gasteiger partial charge < -0.3 is 10.4 Å². The van der Waals surface area contributed by atoms with Crippen LogP contribution >= 0.6 is 0 Å². The minimum Gasteiger partial charge on any atom is -0.384 e. The molecule has 82 valence electrons. The Morgan fingerprint density at radius 1 is 1.40 bits per heavy atom. The van der Waals surface area contributed by atoms with Crippen LogP contribution in [0.1, 0.15) is 31.4 Å². The second-order valence-electron chi connectivity index (χ2n) is 4.72. The normalized spacial score (nSPS) is 24.5. The lowest BCUT2D eigenvalue weighted by atomic mass is 9.96. The van der Waals surface area contributed by atoms with E-state index < -0.39 is 5.60 Å². The van der Waals surface area contributed by atoms with Crippen molar-refractivity contribution in [2.75, 3.05) is 6.54 Å². The van der Waals surface area contributed by atoms with E-state index in [1.54, 1.807) is 0 Å². The van der Waals surface area contributed by atoms with Gasteiger partial charge in [0, 0.05) is 12.6 Å². The number of rotatable bonds is 3. The third kappa shape index (κ3) is 2.06. The van der Waals surface area contributed by atoms with Crippen molar-refractivity contribution in [1.29, 1.82) is 0 Å². The summed E-state index contributed by atoms with van der Waals surface area (Å²) in [6.45, 7) is 4.86. The molecule has 1 aliphatic rings. The quantitative estimate of drug-likeness (QED) is 0.789. The third-order valence-corrected chi connectivity index (χ3v) is 3.13. The van der Waals surface area contributed by atoms with Crippen molar-refractivity contribution in [2.45, 2.75) is 38.3 Å². The molecule has 2 rings (SSSR count). The average Bonchev–Trinajstić information content (AvgIpc) is 2.56. The molecule has 0 heterocycles. The van der Waals surface area contributed by atoms with Gasteiger partial charge in [0.25, 0.3) is 0 Å². The molecule has 0 aromatic heterocycles. The third-order valence-electron chi connectivity index (χ3n) is 3.13. The second kappa shape index (κ2) is 3.95. The van der Waals surface area contributed by atoms with Crippen LogP contribution in [-0.2, 0) is 12.0 Å². The van der Waals surface area contributed by atoms with Gasteiger partial charge in [-0.3, -0.25) is 0 Å². The molecule has 1 aromatic carbocycles. The minimum atomic E-state index is -0.652. The molecule has 1 aliphatic carbocycles. The maximum Gasteiger partial charge on any atom is 0.103 e. The number of benzene rings is 1. The molecule has 1 unspecified atom stereocenters. The van der Waals surface area contributed by atoms with Crippen LogP contribution in [0.25, 0.3) is 0 Å². The van der Waals surface area contributed by atoms with Crippen molar-refractivity contribution in [1.82, 2.24) is 5.32 Å². The Bertz CT molecular complexity index is 348. The fourth-order valence-corrected chi connectivity index (χ4v) is 2.23. The highest BCUT2D eigenvalue weighted by atomic mass is 16.3. The SMILES string of the molecule is CC(C)NCC1(O)CCc2ccccc21. The van der Waals surface area contributed by atoms with Crippen LogP contribution in [0.15, 0.2) is 24.3 Å². The second-order valence-corrected chi connectivity index (χ2v) is 4.72. The van der Waals surface area contributed by atoms with E-state index >= 15 is 0 Å². The van der Waals surface area contributed by atoms with Crippen molar-refractivity contribution in [3.8, 4) is 0 Å². The fraction of sp³-hybridized carbons (Fsp3) is 0.538. The van der Waals surface area contributed by atoms with E-state index in [2.05, 4.69) is 25.2 Å². The van der Waals surface area contributed by atoms with Crippen molar-refractivity contribution in [3.05, 3.63) is 35.4 Å². The molecule has 1 atom stereocenters.